The van der Waals surface area contributed by atoms with Crippen LogP contribution in [0.1, 0.15) is 28.5 Å². The Hall–Kier alpha value is -1.61. The molecule has 2 rings (SSSR count). The molecule has 3 nitrogen and oxygen atoms in total. The predicted molar refractivity (Wildman–Crippen MR) is 67.8 cm³/mol. The number of aliphatic hydroxyl groups excluding tert-OH is 1. The zero-order valence-electron chi connectivity index (χ0n) is 10.5. The number of benzene rings is 1. The van der Waals surface area contributed by atoms with Gasteiger partial charge >= 0.3 is 0 Å². The molecule has 0 saturated heterocycles. The molecule has 1 unspecified atom stereocenters. The van der Waals surface area contributed by atoms with Gasteiger partial charge in [-0.15, -0.1) is 0 Å². The van der Waals surface area contributed by atoms with Crippen molar-refractivity contribution in [3.8, 4) is 0 Å². The van der Waals surface area contributed by atoms with Gasteiger partial charge in [-0.25, -0.2) is 4.98 Å². The van der Waals surface area contributed by atoms with Crippen LogP contribution in [0.2, 0.25) is 0 Å². The molecule has 0 aliphatic rings. The van der Waals surface area contributed by atoms with E-state index in [-0.39, 0.29) is 0 Å². The van der Waals surface area contributed by atoms with E-state index in [1.165, 1.54) is 16.7 Å². The Labute approximate surface area is 102 Å². The van der Waals surface area contributed by atoms with E-state index < -0.39 is 6.10 Å². The van der Waals surface area contributed by atoms with Crippen LogP contribution in [-0.4, -0.2) is 14.7 Å². The number of aliphatic hydroxyl groups is 1. The maximum Gasteiger partial charge on any atom is 0.0995 e. The van der Waals surface area contributed by atoms with Gasteiger partial charge in [0.1, 0.15) is 0 Å². The molecule has 0 aliphatic heterocycles. The van der Waals surface area contributed by atoms with Crippen molar-refractivity contribution in [3.63, 3.8) is 0 Å². The van der Waals surface area contributed by atoms with Crippen LogP contribution in [0.4, 0.5) is 0 Å². The molecule has 1 N–H and O–H groups in total. The molecule has 0 amide bonds. The summed E-state index contributed by atoms with van der Waals surface area (Å²) < 4.78 is 1.86. The molecule has 0 spiro atoms. The molecule has 1 aromatic heterocycles. The quantitative estimate of drug-likeness (QED) is 0.878. The Morgan fingerprint density at radius 3 is 2.76 bits per heavy atom. The van der Waals surface area contributed by atoms with Crippen molar-refractivity contribution >= 4 is 0 Å². The number of rotatable bonds is 3. The second kappa shape index (κ2) is 4.72. The molecule has 1 heterocycles. The standard InChI is InChI=1S/C14H18N2O/c1-10-4-5-11(2)12(6-10)7-14(17)13-8-15-9-16(13)3/h4-6,8-9,14,17H,7H2,1-3H3. The SMILES string of the molecule is Cc1ccc(C)c(CC(O)c2cncn2C)c1. The van der Waals surface area contributed by atoms with Gasteiger partial charge in [0.15, 0.2) is 0 Å². The van der Waals surface area contributed by atoms with Gasteiger partial charge < -0.3 is 9.67 Å². The summed E-state index contributed by atoms with van der Waals surface area (Å²) in [7, 11) is 1.90. The first kappa shape index (κ1) is 11.9. The average molecular weight is 230 g/mol. The number of imidazole rings is 1. The lowest BCUT2D eigenvalue weighted by Crippen LogP contribution is -2.07. The molecule has 2 aromatic rings. The molecule has 3 heteroatoms. The minimum atomic E-state index is -0.497. The highest BCUT2D eigenvalue weighted by atomic mass is 16.3. The number of aromatic nitrogens is 2. The fourth-order valence-electron chi connectivity index (χ4n) is 2.02. The lowest BCUT2D eigenvalue weighted by atomic mass is 9.99. The van der Waals surface area contributed by atoms with E-state index in [0.717, 1.165) is 5.69 Å². The summed E-state index contributed by atoms with van der Waals surface area (Å²) in [5, 5.41) is 10.2. The van der Waals surface area contributed by atoms with Crippen molar-refractivity contribution in [2.24, 2.45) is 7.05 Å². The third-order valence-electron chi connectivity index (χ3n) is 3.11. The van der Waals surface area contributed by atoms with Gasteiger partial charge in [-0.2, -0.15) is 0 Å². The van der Waals surface area contributed by atoms with Gasteiger partial charge in [0.25, 0.3) is 0 Å². The second-order valence-corrected chi connectivity index (χ2v) is 4.58. The van der Waals surface area contributed by atoms with Crippen LogP contribution in [-0.2, 0) is 13.5 Å². The van der Waals surface area contributed by atoms with Crippen molar-refractivity contribution in [3.05, 3.63) is 53.1 Å². The fourth-order valence-corrected chi connectivity index (χ4v) is 2.02. The minimum Gasteiger partial charge on any atom is -0.386 e. The van der Waals surface area contributed by atoms with E-state index >= 15 is 0 Å². The van der Waals surface area contributed by atoms with Crippen LogP contribution in [0.25, 0.3) is 0 Å². The number of nitrogens with zero attached hydrogens (tertiary/aromatic N) is 2. The summed E-state index contributed by atoms with van der Waals surface area (Å²) in [6.45, 7) is 4.14. The summed E-state index contributed by atoms with van der Waals surface area (Å²) in [6.07, 6.45) is 3.56. The molecule has 0 radical (unpaired) electrons. The summed E-state index contributed by atoms with van der Waals surface area (Å²) in [4.78, 5) is 4.03. The molecule has 0 fully saturated rings. The van der Waals surface area contributed by atoms with E-state index in [4.69, 9.17) is 0 Å². The first-order valence-electron chi connectivity index (χ1n) is 5.78. The van der Waals surface area contributed by atoms with Crippen LogP contribution in [0.5, 0.6) is 0 Å². The van der Waals surface area contributed by atoms with Crippen LogP contribution < -0.4 is 0 Å². The number of hydrogen-bond donors (Lipinski definition) is 1. The van der Waals surface area contributed by atoms with Crippen molar-refractivity contribution in [2.75, 3.05) is 0 Å². The van der Waals surface area contributed by atoms with Gasteiger partial charge in [-0.05, 0) is 25.0 Å². The topological polar surface area (TPSA) is 38.1 Å². The molecule has 1 aromatic carbocycles. The van der Waals surface area contributed by atoms with Crippen LogP contribution in [0.3, 0.4) is 0 Å². The lowest BCUT2D eigenvalue weighted by molar-refractivity contribution is 0.170. The maximum absolute atomic E-state index is 10.2. The zero-order chi connectivity index (χ0) is 12.4. The van der Waals surface area contributed by atoms with E-state index in [1.54, 1.807) is 12.5 Å². The van der Waals surface area contributed by atoms with E-state index in [9.17, 15) is 5.11 Å². The molecule has 1 atom stereocenters. The second-order valence-electron chi connectivity index (χ2n) is 4.58. The van der Waals surface area contributed by atoms with Gasteiger partial charge in [0, 0.05) is 13.5 Å². The van der Waals surface area contributed by atoms with Crippen molar-refractivity contribution in [1.29, 1.82) is 0 Å². The monoisotopic (exact) mass is 230 g/mol. The Balaban J connectivity index is 2.21. The first-order valence-corrected chi connectivity index (χ1v) is 5.78. The van der Waals surface area contributed by atoms with Gasteiger partial charge in [0.2, 0.25) is 0 Å². The van der Waals surface area contributed by atoms with Crippen LogP contribution >= 0.6 is 0 Å². The summed E-state index contributed by atoms with van der Waals surface area (Å²) >= 11 is 0. The molecule has 0 saturated carbocycles. The maximum atomic E-state index is 10.2. The molecule has 17 heavy (non-hydrogen) atoms. The highest BCUT2D eigenvalue weighted by Crippen LogP contribution is 2.20. The van der Waals surface area contributed by atoms with Crippen LogP contribution in [0.15, 0.2) is 30.7 Å². The highest BCUT2D eigenvalue weighted by Gasteiger charge is 2.13. The zero-order valence-corrected chi connectivity index (χ0v) is 10.5. The molecule has 90 valence electrons. The third-order valence-corrected chi connectivity index (χ3v) is 3.11. The van der Waals surface area contributed by atoms with Gasteiger partial charge in [0.05, 0.1) is 24.3 Å². The average Bonchev–Trinajstić information content (AvgIpc) is 2.70. The summed E-state index contributed by atoms with van der Waals surface area (Å²) in [5.41, 5.74) is 4.49. The minimum absolute atomic E-state index is 0.497. The largest absolute Gasteiger partial charge is 0.386 e. The Kier molecular flexibility index (Phi) is 3.29. The fraction of sp³-hybridized carbons (Fsp3) is 0.357. The Morgan fingerprint density at radius 2 is 2.12 bits per heavy atom. The van der Waals surface area contributed by atoms with Crippen molar-refractivity contribution < 1.29 is 5.11 Å². The van der Waals surface area contributed by atoms with E-state index in [2.05, 4.69) is 37.0 Å². The van der Waals surface area contributed by atoms with Crippen molar-refractivity contribution in [1.82, 2.24) is 9.55 Å². The lowest BCUT2D eigenvalue weighted by Gasteiger charge is -2.13. The van der Waals surface area contributed by atoms with Crippen molar-refractivity contribution in [2.45, 2.75) is 26.4 Å². The smallest absolute Gasteiger partial charge is 0.0995 e. The first-order chi connectivity index (χ1) is 8.08. The Bertz CT molecular complexity index is 517. The molecule has 0 bridgehead atoms. The summed E-state index contributed by atoms with van der Waals surface area (Å²) in [5.74, 6) is 0. The van der Waals surface area contributed by atoms with Crippen LogP contribution in [0, 0.1) is 13.8 Å². The van der Waals surface area contributed by atoms with Gasteiger partial charge in [-0.1, -0.05) is 23.8 Å². The number of aryl methyl sites for hydroxylation is 3. The predicted octanol–water partition coefficient (Wildman–Crippen LogP) is 2.31. The highest BCUT2D eigenvalue weighted by molar-refractivity contribution is 5.31. The summed E-state index contributed by atoms with van der Waals surface area (Å²) in [6, 6.07) is 6.32. The molecular formula is C14H18N2O. The number of hydrogen-bond acceptors (Lipinski definition) is 2. The van der Waals surface area contributed by atoms with E-state index in [0.29, 0.717) is 6.42 Å². The molecular weight excluding hydrogens is 212 g/mol. The van der Waals surface area contributed by atoms with Gasteiger partial charge in [-0.3, -0.25) is 0 Å². The van der Waals surface area contributed by atoms with E-state index in [1.807, 2.05) is 11.6 Å². The molecule has 0 aliphatic carbocycles. The Morgan fingerprint density at radius 1 is 1.35 bits per heavy atom. The normalized spacial score (nSPS) is 12.7. The third kappa shape index (κ3) is 2.56.